The number of esters is 1. The molecule has 0 N–H and O–H groups in total. The van der Waals surface area contributed by atoms with E-state index in [-0.39, 0.29) is 12.1 Å². The smallest absolute Gasteiger partial charge is 0.303 e. The van der Waals surface area contributed by atoms with Gasteiger partial charge in [-0.2, -0.15) is 0 Å². The molecule has 0 bridgehead atoms. The SMILES string of the molecule is CC(=O)O[C@H](C)C#C[Si](C)(C)C. The average Bonchev–Trinajstić information content (AvgIpc) is 1.80. The predicted molar refractivity (Wildman–Crippen MR) is 52.4 cm³/mol. The second-order valence-electron chi connectivity index (χ2n) is 3.77. The van der Waals surface area contributed by atoms with Gasteiger partial charge < -0.3 is 4.74 Å². The summed E-state index contributed by atoms with van der Waals surface area (Å²) in [7, 11) is -1.32. The lowest BCUT2D eigenvalue weighted by Crippen LogP contribution is -2.18. The molecule has 12 heavy (non-hydrogen) atoms. The molecular weight excluding hydrogens is 168 g/mol. The van der Waals surface area contributed by atoms with Crippen molar-refractivity contribution in [1.82, 2.24) is 0 Å². The van der Waals surface area contributed by atoms with Crippen molar-refractivity contribution in [3.05, 3.63) is 0 Å². The number of carbonyl (C=O) groups is 1. The van der Waals surface area contributed by atoms with Gasteiger partial charge in [0.15, 0.2) is 6.10 Å². The van der Waals surface area contributed by atoms with Crippen LogP contribution in [0.25, 0.3) is 0 Å². The van der Waals surface area contributed by atoms with Crippen molar-refractivity contribution < 1.29 is 9.53 Å². The van der Waals surface area contributed by atoms with Crippen LogP contribution < -0.4 is 0 Å². The first-order valence-corrected chi connectivity index (χ1v) is 7.51. The minimum absolute atomic E-state index is 0.269. The third kappa shape index (κ3) is 7.36. The van der Waals surface area contributed by atoms with E-state index >= 15 is 0 Å². The van der Waals surface area contributed by atoms with Crippen LogP contribution in [0.1, 0.15) is 13.8 Å². The lowest BCUT2D eigenvalue weighted by Gasteiger charge is -2.07. The highest BCUT2D eigenvalue weighted by Gasteiger charge is 2.08. The van der Waals surface area contributed by atoms with Crippen LogP contribution in [-0.2, 0) is 9.53 Å². The van der Waals surface area contributed by atoms with Gasteiger partial charge in [0.25, 0.3) is 0 Å². The van der Waals surface area contributed by atoms with Crippen LogP contribution in [0.5, 0.6) is 0 Å². The molecule has 0 aromatic carbocycles. The largest absolute Gasteiger partial charge is 0.450 e. The zero-order valence-corrected chi connectivity index (χ0v) is 9.39. The maximum atomic E-state index is 10.5. The van der Waals surface area contributed by atoms with Gasteiger partial charge in [-0.15, -0.1) is 5.54 Å². The molecule has 0 aliphatic heterocycles. The van der Waals surface area contributed by atoms with Gasteiger partial charge in [0, 0.05) is 6.92 Å². The highest BCUT2D eigenvalue weighted by Crippen LogP contribution is 1.97. The first kappa shape index (κ1) is 11.2. The topological polar surface area (TPSA) is 26.3 Å². The van der Waals surface area contributed by atoms with E-state index in [1.807, 2.05) is 0 Å². The van der Waals surface area contributed by atoms with E-state index in [1.165, 1.54) is 6.92 Å². The Morgan fingerprint density at radius 2 is 1.92 bits per heavy atom. The lowest BCUT2D eigenvalue weighted by molar-refractivity contribution is -0.143. The quantitative estimate of drug-likeness (QED) is 0.353. The Kier molecular flexibility index (Phi) is 4.05. The normalized spacial score (nSPS) is 12.8. The third-order valence-corrected chi connectivity index (χ3v) is 1.89. The zero-order valence-electron chi connectivity index (χ0n) is 8.39. The van der Waals surface area contributed by atoms with Crippen molar-refractivity contribution in [1.29, 1.82) is 0 Å². The molecule has 0 aliphatic rings. The standard InChI is InChI=1S/C9H16O2Si/c1-8(11-9(2)10)6-7-12(3,4)5/h8H,1-5H3/t8-/m1/s1. The Morgan fingerprint density at radius 3 is 2.25 bits per heavy atom. The van der Waals surface area contributed by atoms with Crippen molar-refractivity contribution in [3.63, 3.8) is 0 Å². The number of carbonyl (C=O) groups excluding carboxylic acids is 1. The summed E-state index contributed by atoms with van der Waals surface area (Å²) in [5, 5.41) is 0. The molecular formula is C9H16O2Si. The summed E-state index contributed by atoms with van der Waals surface area (Å²) in [6.45, 7) is 9.64. The lowest BCUT2D eigenvalue weighted by atomic mass is 10.4. The molecule has 68 valence electrons. The first-order valence-electron chi connectivity index (χ1n) is 4.01. The van der Waals surface area contributed by atoms with Gasteiger partial charge in [0.05, 0.1) is 0 Å². The molecule has 0 aromatic rings. The summed E-state index contributed by atoms with van der Waals surface area (Å²) < 4.78 is 4.86. The average molecular weight is 184 g/mol. The number of ether oxygens (including phenoxy) is 1. The number of hydrogen-bond donors (Lipinski definition) is 0. The minimum Gasteiger partial charge on any atom is -0.450 e. The van der Waals surface area contributed by atoms with Crippen LogP contribution in [-0.4, -0.2) is 20.1 Å². The molecule has 0 heterocycles. The fourth-order valence-corrected chi connectivity index (χ4v) is 1.23. The summed E-state index contributed by atoms with van der Waals surface area (Å²) in [6.07, 6.45) is -0.269. The monoisotopic (exact) mass is 184 g/mol. The van der Waals surface area contributed by atoms with Crippen molar-refractivity contribution in [2.24, 2.45) is 0 Å². The highest BCUT2D eigenvalue weighted by molar-refractivity contribution is 6.83. The van der Waals surface area contributed by atoms with Crippen LogP contribution >= 0.6 is 0 Å². The van der Waals surface area contributed by atoms with E-state index in [0.29, 0.717) is 0 Å². The van der Waals surface area contributed by atoms with Gasteiger partial charge in [0.1, 0.15) is 8.07 Å². The van der Waals surface area contributed by atoms with Crippen molar-refractivity contribution in [2.45, 2.75) is 39.6 Å². The fraction of sp³-hybridized carbons (Fsp3) is 0.667. The van der Waals surface area contributed by atoms with E-state index in [9.17, 15) is 4.79 Å². The minimum atomic E-state index is -1.32. The summed E-state index contributed by atoms with van der Waals surface area (Å²) in [5.74, 6) is 2.65. The van der Waals surface area contributed by atoms with Crippen molar-refractivity contribution >= 4 is 14.0 Å². The summed E-state index contributed by atoms with van der Waals surface area (Å²) in [5.41, 5.74) is 3.14. The van der Waals surface area contributed by atoms with Gasteiger partial charge in [-0.05, 0) is 6.92 Å². The van der Waals surface area contributed by atoms with Crippen LogP contribution in [0, 0.1) is 11.5 Å². The Bertz CT molecular complexity index is 217. The maximum absolute atomic E-state index is 10.5. The van der Waals surface area contributed by atoms with Gasteiger partial charge in [0.2, 0.25) is 0 Å². The molecule has 1 atom stereocenters. The Balaban J connectivity index is 4.04. The fourth-order valence-electron chi connectivity index (χ4n) is 0.597. The Morgan fingerprint density at radius 1 is 1.42 bits per heavy atom. The van der Waals surface area contributed by atoms with E-state index < -0.39 is 8.07 Å². The van der Waals surface area contributed by atoms with Crippen LogP contribution in [0.15, 0.2) is 0 Å². The van der Waals surface area contributed by atoms with Crippen molar-refractivity contribution in [2.75, 3.05) is 0 Å². The molecule has 0 unspecified atom stereocenters. The molecule has 3 heteroatoms. The summed E-state index contributed by atoms with van der Waals surface area (Å²) in [6, 6.07) is 0. The zero-order chi connectivity index (χ0) is 9.78. The number of rotatable bonds is 1. The molecule has 0 aliphatic carbocycles. The second kappa shape index (κ2) is 4.32. The van der Waals surface area contributed by atoms with E-state index in [1.54, 1.807) is 6.92 Å². The summed E-state index contributed by atoms with van der Waals surface area (Å²) in [4.78, 5) is 10.5. The van der Waals surface area contributed by atoms with Gasteiger partial charge in [-0.3, -0.25) is 4.79 Å². The first-order chi connectivity index (χ1) is 5.31. The van der Waals surface area contributed by atoms with Gasteiger partial charge in [-0.25, -0.2) is 0 Å². The van der Waals surface area contributed by atoms with E-state index in [2.05, 4.69) is 31.1 Å². The third-order valence-electron chi connectivity index (χ3n) is 0.993. The van der Waals surface area contributed by atoms with Crippen LogP contribution in [0.2, 0.25) is 19.6 Å². The van der Waals surface area contributed by atoms with Gasteiger partial charge >= 0.3 is 5.97 Å². The van der Waals surface area contributed by atoms with Crippen LogP contribution in [0.3, 0.4) is 0 Å². The Hall–Kier alpha value is -0.753. The van der Waals surface area contributed by atoms with Crippen LogP contribution in [0.4, 0.5) is 0 Å². The molecule has 0 rings (SSSR count). The maximum Gasteiger partial charge on any atom is 0.303 e. The second-order valence-corrected chi connectivity index (χ2v) is 8.52. The molecule has 0 saturated heterocycles. The molecule has 0 fully saturated rings. The molecule has 0 spiro atoms. The number of hydrogen-bond acceptors (Lipinski definition) is 2. The molecule has 0 radical (unpaired) electrons. The molecule has 0 saturated carbocycles. The highest BCUT2D eigenvalue weighted by atomic mass is 28.3. The summed E-state index contributed by atoms with van der Waals surface area (Å²) >= 11 is 0. The molecule has 0 amide bonds. The molecule has 2 nitrogen and oxygen atoms in total. The van der Waals surface area contributed by atoms with Crippen molar-refractivity contribution in [3.8, 4) is 11.5 Å². The Labute approximate surface area is 75.3 Å². The van der Waals surface area contributed by atoms with Gasteiger partial charge in [-0.1, -0.05) is 25.6 Å². The predicted octanol–water partition coefficient (Wildman–Crippen LogP) is 1.82. The van der Waals surface area contributed by atoms with E-state index in [0.717, 1.165) is 0 Å². The van der Waals surface area contributed by atoms with E-state index in [4.69, 9.17) is 4.74 Å². The molecule has 0 aromatic heterocycles.